The Morgan fingerprint density at radius 1 is 1.16 bits per heavy atom. The van der Waals surface area contributed by atoms with Crippen LogP contribution in [0.4, 0.5) is 0 Å². The lowest BCUT2D eigenvalue weighted by molar-refractivity contribution is -0.235. The lowest BCUT2D eigenvalue weighted by Gasteiger charge is -2.42. The fourth-order valence-corrected chi connectivity index (χ4v) is 4.56. The van der Waals surface area contributed by atoms with Crippen molar-refractivity contribution < 1.29 is 47.7 Å². The molecular formula is C19H32N2O10S. The SMILES string of the molecule is CC1CC(=O)N(CCOCCOCCOC[C@@]23CO[C@@H](O2)[C@@H](NS(C)=O)[C@@H](O)[C@H]3O)C1=O. The summed E-state index contributed by atoms with van der Waals surface area (Å²) in [4.78, 5) is 24.7. The van der Waals surface area contributed by atoms with Gasteiger partial charge < -0.3 is 33.9 Å². The molecule has 0 saturated carbocycles. The van der Waals surface area contributed by atoms with E-state index in [-0.39, 0.29) is 63.7 Å². The minimum atomic E-state index is -1.41. The molecule has 3 aliphatic heterocycles. The molecule has 13 heteroatoms. The average Bonchev–Trinajstić information content (AvgIpc) is 3.25. The Kier molecular flexibility index (Phi) is 9.12. The number of imide groups is 1. The van der Waals surface area contributed by atoms with E-state index in [1.165, 1.54) is 11.2 Å². The van der Waals surface area contributed by atoms with Gasteiger partial charge in [0.1, 0.15) is 17.8 Å². The van der Waals surface area contributed by atoms with E-state index in [9.17, 15) is 24.0 Å². The Morgan fingerprint density at radius 3 is 2.44 bits per heavy atom. The van der Waals surface area contributed by atoms with Crippen molar-refractivity contribution in [3.8, 4) is 0 Å². The topological polar surface area (TPSA) is 153 Å². The number of likely N-dealkylation sites (tertiary alicyclic amines) is 1. The van der Waals surface area contributed by atoms with Gasteiger partial charge in [-0.3, -0.25) is 14.5 Å². The molecule has 32 heavy (non-hydrogen) atoms. The lowest BCUT2D eigenvalue weighted by Crippen LogP contribution is -2.66. The minimum absolute atomic E-state index is 0.000163. The predicted molar refractivity (Wildman–Crippen MR) is 110 cm³/mol. The second kappa shape index (κ2) is 11.4. The van der Waals surface area contributed by atoms with Crippen molar-refractivity contribution in [1.29, 1.82) is 0 Å². The Bertz CT molecular complexity index is 697. The van der Waals surface area contributed by atoms with E-state index < -0.39 is 41.1 Å². The molecule has 12 nitrogen and oxygen atoms in total. The van der Waals surface area contributed by atoms with Crippen molar-refractivity contribution in [2.45, 2.75) is 43.5 Å². The van der Waals surface area contributed by atoms with Crippen LogP contribution < -0.4 is 4.72 Å². The zero-order valence-electron chi connectivity index (χ0n) is 18.3. The standard InChI is InChI=1S/C19H32N2O10S/c1-12-9-13(22)21(17(12)25)3-4-27-5-6-28-7-8-29-10-19-11-30-18(31-19)14(20-32(2)26)15(23)16(19)24/h12,14-16,18,20,23-24H,3-11H2,1-2H3/t12?,14-,15+,16+,18-,19-,32?/m0/s1. The third-order valence-electron chi connectivity index (χ3n) is 5.69. The van der Waals surface area contributed by atoms with Crippen molar-refractivity contribution in [3.05, 3.63) is 0 Å². The van der Waals surface area contributed by atoms with Gasteiger partial charge in [-0.25, -0.2) is 8.93 Å². The summed E-state index contributed by atoms with van der Waals surface area (Å²) in [5.74, 6) is -0.572. The second-order valence-electron chi connectivity index (χ2n) is 8.16. The van der Waals surface area contributed by atoms with Gasteiger partial charge in [0.25, 0.3) is 0 Å². The minimum Gasteiger partial charge on any atom is -0.388 e. The number of hydrogen-bond acceptors (Lipinski definition) is 10. The van der Waals surface area contributed by atoms with Crippen LogP contribution in [-0.4, -0.2) is 120 Å². The maximum absolute atomic E-state index is 11.8. The number of hydrogen-bond donors (Lipinski definition) is 3. The van der Waals surface area contributed by atoms with Gasteiger partial charge in [0.15, 0.2) is 6.29 Å². The fraction of sp³-hybridized carbons (Fsp3) is 0.895. The Morgan fingerprint density at radius 2 is 1.81 bits per heavy atom. The number of carbonyl (C=O) groups is 2. The Hall–Kier alpha value is -1.03. The molecule has 0 aromatic rings. The molecule has 0 aliphatic carbocycles. The molecule has 0 aromatic heterocycles. The van der Waals surface area contributed by atoms with E-state index in [4.69, 9.17) is 23.7 Å². The van der Waals surface area contributed by atoms with Crippen molar-refractivity contribution in [2.75, 3.05) is 59.0 Å². The summed E-state index contributed by atoms with van der Waals surface area (Å²) < 4.78 is 41.7. The molecular weight excluding hydrogens is 448 g/mol. The highest BCUT2D eigenvalue weighted by Gasteiger charge is 2.59. The van der Waals surface area contributed by atoms with Gasteiger partial charge in [-0.15, -0.1) is 0 Å². The largest absolute Gasteiger partial charge is 0.388 e. The van der Waals surface area contributed by atoms with E-state index in [2.05, 4.69) is 4.72 Å². The van der Waals surface area contributed by atoms with Crippen LogP contribution in [0.15, 0.2) is 0 Å². The molecule has 3 saturated heterocycles. The van der Waals surface area contributed by atoms with Crippen molar-refractivity contribution >= 4 is 22.8 Å². The fourth-order valence-electron chi connectivity index (χ4n) is 3.93. The quantitative estimate of drug-likeness (QED) is 0.191. The Balaban J connectivity index is 1.25. The zero-order valence-corrected chi connectivity index (χ0v) is 19.1. The monoisotopic (exact) mass is 480 g/mol. The summed E-state index contributed by atoms with van der Waals surface area (Å²) in [7, 11) is -1.41. The molecule has 2 amide bonds. The maximum atomic E-state index is 11.8. The molecule has 0 radical (unpaired) electrons. The number of amides is 2. The van der Waals surface area contributed by atoms with Crippen LogP contribution in [0.2, 0.25) is 0 Å². The Labute approximate surface area is 189 Å². The summed E-state index contributed by atoms with van der Waals surface area (Å²) in [6, 6.07) is -0.806. The molecule has 0 spiro atoms. The molecule has 184 valence electrons. The van der Waals surface area contributed by atoms with Gasteiger partial charge in [-0.1, -0.05) is 6.92 Å². The van der Waals surface area contributed by atoms with Crippen LogP contribution >= 0.6 is 0 Å². The third kappa shape index (κ3) is 5.90. The van der Waals surface area contributed by atoms with E-state index in [1.54, 1.807) is 6.92 Å². The average molecular weight is 481 g/mol. The molecule has 0 aromatic carbocycles. The summed E-state index contributed by atoms with van der Waals surface area (Å²) >= 11 is 0. The summed E-state index contributed by atoms with van der Waals surface area (Å²) in [6.45, 7) is 3.42. The van der Waals surface area contributed by atoms with E-state index in [0.29, 0.717) is 13.2 Å². The van der Waals surface area contributed by atoms with Gasteiger partial charge in [-0.2, -0.15) is 0 Å². The normalized spacial score (nSPS) is 35.6. The van der Waals surface area contributed by atoms with Crippen molar-refractivity contribution in [2.24, 2.45) is 5.92 Å². The van der Waals surface area contributed by atoms with Crippen LogP contribution in [0.5, 0.6) is 0 Å². The van der Waals surface area contributed by atoms with Crippen molar-refractivity contribution in [3.63, 3.8) is 0 Å². The molecule has 7 atom stereocenters. The third-order valence-corrected chi connectivity index (χ3v) is 6.29. The van der Waals surface area contributed by atoms with E-state index in [1.807, 2.05) is 0 Å². The van der Waals surface area contributed by atoms with Gasteiger partial charge >= 0.3 is 0 Å². The second-order valence-corrected chi connectivity index (χ2v) is 9.31. The summed E-state index contributed by atoms with van der Waals surface area (Å²) in [5, 5.41) is 20.8. The molecule has 3 aliphatic rings. The number of nitrogens with one attached hydrogen (secondary N) is 1. The number of rotatable bonds is 13. The summed E-state index contributed by atoms with van der Waals surface area (Å²) in [5.41, 5.74) is -1.19. The lowest BCUT2D eigenvalue weighted by atomic mass is 9.89. The highest BCUT2D eigenvalue weighted by molar-refractivity contribution is 7.82. The van der Waals surface area contributed by atoms with Gasteiger partial charge in [-0.05, 0) is 0 Å². The van der Waals surface area contributed by atoms with E-state index in [0.717, 1.165) is 0 Å². The number of carbonyl (C=O) groups excluding carboxylic acids is 2. The maximum Gasteiger partial charge on any atom is 0.232 e. The number of nitrogens with zero attached hydrogens (tertiary/aromatic N) is 1. The number of aliphatic hydroxyl groups excluding tert-OH is 2. The zero-order chi connectivity index (χ0) is 23.3. The molecule has 3 N–H and O–H groups in total. The first-order chi connectivity index (χ1) is 15.2. The first-order valence-electron chi connectivity index (χ1n) is 10.6. The molecule has 3 rings (SSSR count). The van der Waals surface area contributed by atoms with E-state index >= 15 is 0 Å². The highest BCUT2D eigenvalue weighted by Crippen LogP contribution is 2.37. The molecule has 3 fully saturated rings. The van der Waals surface area contributed by atoms with Crippen LogP contribution in [0.25, 0.3) is 0 Å². The number of ether oxygens (including phenoxy) is 5. The molecule has 3 heterocycles. The smallest absolute Gasteiger partial charge is 0.232 e. The van der Waals surface area contributed by atoms with Crippen LogP contribution in [0.1, 0.15) is 13.3 Å². The van der Waals surface area contributed by atoms with Gasteiger partial charge in [0, 0.05) is 18.6 Å². The van der Waals surface area contributed by atoms with Gasteiger partial charge in [0.2, 0.25) is 11.8 Å². The first kappa shape index (κ1) is 25.6. The van der Waals surface area contributed by atoms with Crippen molar-refractivity contribution in [1.82, 2.24) is 9.62 Å². The number of fused-ring (bicyclic) bond motifs is 2. The molecule has 2 unspecified atom stereocenters. The predicted octanol–water partition coefficient (Wildman–Crippen LogP) is -2.47. The van der Waals surface area contributed by atoms with Crippen LogP contribution in [-0.2, 0) is 44.3 Å². The van der Waals surface area contributed by atoms with Crippen LogP contribution in [0.3, 0.4) is 0 Å². The van der Waals surface area contributed by atoms with Crippen LogP contribution in [0, 0.1) is 5.92 Å². The summed E-state index contributed by atoms with van der Waals surface area (Å²) in [6.07, 6.45) is -1.64. The first-order valence-corrected chi connectivity index (χ1v) is 12.1. The molecule has 2 bridgehead atoms. The van der Waals surface area contributed by atoms with Gasteiger partial charge in [0.05, 0.1) is 69.8 Å². The number of aliphatic hydroxyl groups is 2. The highest BCUT2D eigenvalue weighted by atomic mass is 32.2.